The number of methoxy groups -OCH3 is 1. The Kier molecular flexibility index (Phi) is 4.75. The maximum absolute atomic E-state index is 12.7. The third kappa shape index (κ3) is 3.62. The number of benzene rings is 2. The van der Waals surface area contributed by atoms with Crippen molar-refractivity contribution in [3.8, 4) is 28.4 Å². The number of hydrogen-bond acceptors (Lipinski definition) is 5. The van der Waals surface area contributed by atoms with Crippen LogP contribution in [0.1, 0.15) is 5.56 Å². The molecule has 0 saturated heterocycles. The number of carbonyl (C=O) groups is 1. The molecule has 1 aliphatic rings. The van der Waals surface area contributed by atoms with Crippen LogP contribution in [0.4, 0.5) is 0 Å². The molecule has 1 unspecified atom stereocenters. The van der Waals surface area contributed by atoms with Crippen molar-refractivity contribution in [2.45, 2.75) is 12.5 Å². The van der Waals surface area contributed by atoms with Crippen molar-refractivity contribution in [3.63, 3.8) is 0 Å². The zero-order chi connectivity index (χ0) is 18.6. The molecule has 0 bridgehead atoms. The van der Waals surface area contributed by atoms with Gasteiger partial charge in [-0.2, -0.15) is 0 Å². The Morgan fingerprint density at radius 3 is 2.67 bits per heavy atom. The summed E-state index contributed by atoms with van der Waals surface area (Å²) in [6.45, 7) is 0.224. The van der Waals surface area contributed by atoms with E-state index in [0.29, 0.717) is 11.5 Å². The molecule has 1 aliphatic heterocycles. The van der Waals surface area contributed by atoms with E-state index in [0.717, 1.165) is 22.4 Å². The number of nitrogens with zero attached hydrogens (tertiary/aromatic N) is 1. The van der Waals surface area contributed by atoms with Crippen LogP contribution in [0, 0.1) is 0 Å². The van der Waals surface area contributed by atoms with Gasteiger partial charge in [-0.25, -0.2) is 0 Å². The lowest BCUT2D eigenvalue weighted by Gasteiger charge is -2.25. The third-order valence-electron chi connectivity index (χ3n) is 4.50. The second kappa shape index (κ2) is 7.50. The summed E-state index contributed by atoms with van der Waals surface area (Å²) in [5.41, 5.74) is 2.85. The first-order valence-electron chi connectivity index (χ1n) is 8.73. The van der Waals surface area contributed by atoms with E-state index in [1.807, 2.05) is 48.5 Å². The van der Waals surface area contributed by atoms with Crippen molar-refractivity contribution in [2.24, 2.45) is 0 Å². The topological polar surface area (TPSA) is 57.7 Å². The van der Waals surface area contributed by atoms with Crippen molar-refractivity contribution in [1.29, 1.82) is 0 Å². The molecule has 0 amide bonds. The van der Waals surface area contributed by atoms with Gasteiger partial charge in [-0.3, -0.25) is 9.78 Å². The molecule has 5 heteroatoms. The fourth-order valence-electron chi connectivity index (χ4n) is 3.11. The average molecular weight is 361 g/mol. The number of ketones is 1. The first-order valence-corrected chi connectivity index (χ1v) is 8.73. The van der Waals surface area contributed by atoms with Crippen LogP contribution < -0.4 is 14.2 Å². The van der Waals surface area contributed by atoms with Crippen LogP contribution in [-0.2, 0) is 11.2 Å². The lowest BCUT2D eigenvalue weighted by molar-refractivity contribution is -0.127. The second-order valence-electron chi connectivity index (χ2n) is 6.28. The maximum Gasteiger partial charge on any atom is 0.191 e. The third-order valence-corrected chi connectivity index (χ3v) is 4.50. The first kappa shape index (κ1) is 17.1. The van der Waals surface area contributed by atoms with Crippen LogP contribution in [0.5, 0.6) is 17.2 Å². The molecule has 1 atom stereocenters. The number of Topliss-reactive ketones (excluding diaryl/α,β-unsaturated/α-hetero) is 1. The smallest absolute Gasteiger partial charge is 0.191 e. The van der Waals surface area contributed by atoms with Gasteiger partial charge in [0.25, 0.3) is 0 Å². The number of pyridine rings is 1. The van der Waals surface area contributed by atoms with Gasteiger partial charge in [0.05, 0.1) is 7.11 Å². The first-order chi connectivity index (χ1) is 13.2. The molecule has 1 aromatic heterocycles. The molecule has 0 radical (unpaired) electrons. The molecule has 5 nitrogen and oxygen atoms in total. The van der Waals surface area contributed by atoms with Gasteiger partial charge in [0.15, 0.2) is 23.4 Å². The van der Waals surface area contributed by atoms with Crippen LogP contribution in [0.25, 0.3) is 11.1 Å². The van der Waals surface area contributed by atoms with E-state index in [-0.39, 0.29) is 18.8 Å². The van der Waals surface area contributed by atoms with Crippen LogP contribution in [0.3, 0.4) is 0 Å². The summed E-state index contributed by atoms with van der Waals surface area (Å²) < 4.78 is 17.0. The average Bonchev–Trinajstić information content (AvgIpc) is 2.74. The molecule has 27 heavy (non-hydrogen) atoms. The highest BCUT2D eigenvalue weighted by Crippen LogP contribution is 2.33. The summed E-state index contributed by atoms with van der Waals surface area (Å²) in [6, 6.07) is 17.0. The fraction of sp³-hybridized carbons (Fsp3) is 0.182. The predicted molar refractivity (Wildman–Crippen MR) is 101 cm³/mol. The molecule has 0 aliphatic carbocycles. The van der Waals surface area contributed by atoms with Crippen LogP contribution in [-0.4, -0.2) is 30.6 Å². The van der Waals surface area contributed by atoms with Crippen LogP contribution in [0.2, 0.25) is 0 Å². The highest BCUT2D eigenvalue weighted by molar-refractivity contribution is 5.86. The Hall–Kier alpha value is -3.34. The Morgan fingerprint density at radius 2 is 1.89 bits per heavy atom. The summed E-state index contributed by atoms with van der Waals surface area (Å²) >= 11 is 0. The predicted octanol–water partition coefficient (Wildman–Crippen LogP) is 3.71. The summed E-state index contributed by atoms with van der Waals surface area (Å²) in [7, 11) is 1.63. The largest absolute Gasteiger partial charge is 0.496 e. The summed E-state index contributed by atoms with van der Waals surface area (Å²) in [6.07, 6.45) is 3.13. The van der Waals surface area contributed by atoms with Gasteiger partial charge in [-0.1, -0.05) is 24.3 Å². The van der Waals surface area contributed by atoms with Gasteiger partial charge in [-0.15, -0.1) is 0 Å². The van der Waals surface area contributed by atoms with Crippen LogP contribution >= 0.6 is 0 Å². The molecule has 0 spiro atoms. The van der Waals surface area contributed by atoms with Gasteiger partial charge in [-0.05, 0) is 41.5 Å². The van der Waals surface area contributed by atoms with Crippen molar-refractivity contribution in [1.82, 2.24) is 4.98 Å². The Morgan fingerprint density at radius 1 is 1.11 bits per heavy atom. The minimum atomic E-state index is -0.606. The van der Waals surface area contributed by atoms with Gasteiger partial charge in [0.2, 0.25) is 0 Å². The normalized spacial score (nSPS) is 15.2. The number of fused-ring (bicyclic) bond motifs is 1. The van der Waals surface area contributed by atoms with E-state index in [4.69, 9.17) is 14.2 Å². The fourth-order valence-corrected chi connectivity index (χ4v) is 3.11. The number of aromatic nitrogens is 1. The maximum atomic E-state index is 12.7. The number of rotatable bonds is 5. The molecule has 3 aromatic rings. The second-order valence-corrected chi connectivity index (χ2v) is 6.28. The molecule has 2 aromatic carbocycles. The number of para-hydroxylation sites is 2. The quantitative estimate of drug-likeness (QED) is 0.693. The highest BCUT2D eigenvalue weighted by atomic mass is 16.6. The van der Waals surface area contributed by atoms with Gasteiger partial charge < -0.3 is 14.2 Å². The van der Waals surface area contributed by atoms with Crippen molar-refractivity contribution in [3.05, 3.63) is 72.6 Å². The molecule has 4 rings (SSSR count). The molecule has 0 saturated carbocycles. The van der Waals surface area contributed by atoms with Crippen LogP contribution in [0.15, 0.2) is 67.0 Å². The summed E-state index contributed by atoms with van der Waals surface area (Å²) in [4.78, 5) is 16.7. The van der Waals surface area contributed by atoms with E-state index >= 15 is 0 Å². The zero-order valence-electron chi connectivity index (χ0n) is 14.9. The van der Waals surface area contributed by atoms with E-state index in [9.17, 15) is 4.79 Å². The van der Waals surface area contributed by atoms with Crippen molar-refractivity contribution in [2.75, 3.05) is 13.7 Å². The van der Waals surface area contributed by atoms with Gasteiger partial charge in [0.1, 0.15) is 12.4 Å². The molecular formula is C22H19NO4. The molecule has 0 N–H and O–H groups in total. The lowest BCUT2D eigenvalue weighted by atomic mass is 10.00. The van der Waals surface area contributed by atoms with Crippen molar-refractivity contribution < 1.29 is 19.0 Å². The summed E-state index contributed by atoms with van der Waals surface area (Å²) in [5, 5.41) is 0. The Labute approximate surface area is 157 Å². The van der Waals surface area contributed by atoms with E-state index in [1.54, 1.807) is 25.6 Å². The molecule has 136 valence electrons. The van der Waals surface area contributed by atoms with Crippen molar-refractivity contribution >= 4 is 5.78 Å². The van der Waals surface area contributed by atoms with E-state index in [2.05, 4.69) is 4.98 Å². The monoisotopic (exact) mass is 361 g/mol. The standard InChI is InChI=1S/C22H19NO4/c1-25-21-13-15(6-7-17(21)16-8-10-23-11-9-16)12-18(24)22-14-26-19-4-2-3-5-20(19)27-22/h2-11,13,22H,12,14H2,1H3. The lowest BCUT2D eigenvalue weighted by Crippen LogP contribution is -2.37. The highest BCUT2D eigenvalue weighted by Gasteiger charge is 2.27. The van der Waals surface area contributed by atoms with Gasteiger partial charge in [0, 0.05) is 24.4 Å². The minimum absolute atomic E-state index is 0.0248. The zero-order valence-corrected chi connectivity index (χ0v) is 14.9. The number of ether oxygens (including phenoxy) is 3. The molecular weight excluding hydrogens is 342 g/mol. The van der Waals surface area contributed by atoms with Gasteiger partial charge >= 0.3 is 0 Å². The Bertz CT molecular complexity index is 956. The molecule has 0 fully saturated rings. The minimum Gasteiger partial charge on any atom is -0.496 e. The Balaban J connectivity index is 1.50. The number of hydrogen-bond donors (Lipinski definition) is 0. The van der Waals surface area contributed by atoms with E-state index in [1.165, 1.54) is 0 Å². The SMILES string of the molecule is COc1cc(CC(=O)C2COc3ccccc3O2)ccc1-c1ccncc1. The van der Waals surface area contributed by atoms with E-state index < -0.39 is 6.10 Å². The number of carbonyl (C=O) groups excluding carboxylic acids is 1. The molecule has 2 heterocycles. The summed E-state index contributed by atoms with van der Waals surface area (Å²) in [5.74, 6) is 1.97.